The van der Waals surface area contributed by atoms with E-state index in [1.165, 1.54) is 126 Å². The molecule has 396 valence electrons. The van der Waals surface area contributed by atoms with E-state index in [9.17, 15) is 0 Å². The van der Waals surface area contributed by atoms with Crippen molar-refractivity contribution in [3.05, 3.63) is 67.8 Å². The number of unbranched alkanes of at least 4 members (excludes halogenated alkanes) is 12. The summed E-state index contributed by atoms with van der Waals surface area (Å²) in [5.41, 5.74) is 0. The molecule has 24 heteroatoms. The molecule has 8 aliphatic rings. The van der Waals surface area contributed by atoms with Gasteiger partial charge in [0.25, 0.3) is 0 Å². The van der Waals surface area contributed by atoms with Gasteiger partial charge in [0, 0.05) is 5.08 Å². The Morgan fingerprint density at radius 3 is 0.817 bits per heavy atom. The van der Waals surface area contributed by atoms with Crippen LogP contribution >= 0.6 is 282 Å². The van der Waals surface area contributed by atoms with Gasteiger partial charge in [-0.15, -0.1) is 188 Å². The van der Waals surface area contributed by atoms with Gasteiger partial charge in [-0.2, -0.15) is 0 Å². The number of rotatable bonds is 32. The normalized spacial score (nSPS) is 23.2. The van der Waals surface area contributed by atoms with Crippen molar-refractivity contribution in [2.45, 2.75) is 149 Å². The first-order chi connectivity index (χ1) is 34.9. The molecule has 2 unspecified atom stereocenters. The highest BCUT2D eigenvalue weighted by molar-refractivity contribution is 8.51. The zero-order valence-electron chi connectivity index (χ0n) is 41.0. The first-order valence-electron chi connectivity index (χ1n) is 24.5. The molecular weight excluding hydrogens is 1330 g/mol. The number of thioether (sulfide) groups is 24. The van der Waals surface area contributed by atoms with Crippen molar-refractivity contribution >= 4 is 282 Å². The van der Waals surface area contributed by atoms with Crippen LogP contribution in [0.25, 0.3) is 0 Å². The van der Waals surface area contributed by atoms with Crippen LogP contribution in [0.4, 0.5) is 0 Å². The molecule has 0 amide bonds. The van der Waals surface area contributed by atoms with Gasteiger partial charge in [0.1, 0.15) is 0 Å². The molecule has 0 nitrogen and oxygen atoms in total. The Balaban J connectivity index is 0.763. The lowest BCUT2D eigenvalue weighted by atomic mass is 10.2. The molecule has 0 radical (unpaired) electrons. The van der Waals surface area contributed by atoms with Crippen molar-refractivity contribution in [2.75, 3.05) is 40.6 Å². The van der Waals surface area contributed by atoms with Crippen LogP contribution in [0.15, 0.2) is 67.8 Å². The summed E-state index contributed by atoms with van der Waals surface area (Å²) in [5, 5.41) is 1.09. The second-order valence-electron chi connectivity index (χ2n) is 16.3. The van der Waals surface area contributed by atoms with Crippen LogP contribution in [-0.4, -0.2) is 58.9 Å². The van der Waals surface area contributed by atoms with Crippen LogP contribution < -0.4 is 0 Å². The van der Waals surface area contributed by atoms with E-state index in [4.69, 9.17) is 0 Å². The summed E-state index contributed by atoms with van der Waals surface area (Å²) in [5.74, 6) is 5.05. The summed E-state index contributed by atoms with van der Waals surface area (Å²) >= 11 is 50.7. The molecule has 0 saturated heterocycles. The minimum atomic E-state index is 0.565. The van der Waals surface area contributed by atoms with Crippen molar-refractivity contribution in [2.24, 2.45) is 0 Å². The van der Waals surface area contributed by atoms with Gasteiger partial charge in [-0.25, -0.2) is 0 Å². The lowest BCUT2D eigenvalue weighted by molar-refractivity contribution is 0.707. The Bertz CT molecular complexity index is 1840. The monoisotopic (exact) mass is 1400 g/mol. The van der Waals surface area contributed by atoms with Gasteiger partial charge < -0.3 is 0 Å². The summed E-state index contributed by atoms with van der Waals surface area (Å²) in [6.45, 7) is 9.27. The Labute approximate surface area is 531 Å². The molecular formula is C47H64S24. The van der Waals surface area contributed by atoms with Crippen LogP contribution in [0.3, 0.4) is 0 Å². The molecule has 0 aromatic rings. The Morgan fingerprint density at radius 1 is 0.268 bits per heavy atom. The topological polar surface area (TPSA) is 0 Å². The fraction of sp³-hybridized carbons (Fsp3) is 0.660. The van der Waals surface area contributed by atoms with Crippen LogP contribution in [0.1, 0.15) is 130 Å². The molecule has 0 N–H and O–H groups in total. The fourth-order valence-corrected chi connectivity index (χ4v) is 47.2. The Kier molecular flexibility index (Phi) is 31.2. The van der Waals surface area contributed by atoms with E-state index in [0.717, 1.165) is 5.08 Å². The minimum Gasteiger partial charge on any atom is -0.121 e. The summed E-state index contributed by atoms with van der Waals surface area (Å²) in [7, 11) is 0. The number of hydrogen-bond acceptors (Lipinski definition) is 24. The molecule has 0 aromatic heterocycles. The van der Waals surface area contributed by atoms with E-state index >= 15 is 0 Å². The second kappa shape index (κ2) is 34.9. The standard InChI is InChI=1S/C47H64S24/c1-7-11-15-19-23-50-32-33(51-24-20-16-12-8-2)61-38(60-32)42-68-44-45(69-42)65-40(64-44)36-56-28(48-5)30(58-36)54-27-55-31-29(49-6)57-37(59-31)41-66-46-47(67-41)71-43(70-46)39-62-34(52-25-21-17-13-9-3)35(63-39)53-26-22-18-14-10-4/h36-37,40-41H,7-27H2,1-6H3. The quantitative estimate of drug-likeness (QED) is 0.0463. The molecule has 8 rings (SSSR count). The van der Waals surface area contributed by atoms with E-state index in [0.29, 0.717) is 18.3 Å². The first-order valence-corrected chi connectivity index (χ1v) is 46.4. The second-order valence-corrected chi connectivity index (χ2v) is 47.4. The number of hydrogen-bond donors (Lipinski definition) is 0. The first kappa shape index (κ1) is 63.3. The predicted molar refractivity (Wildman–Crippen MR) is 386 cm³/mol. The largest absolute Gasteiger partial charge is 0.121 e. The SMILES string of the molecule is CCCCCCSC1=C(SCCCCCC)SC(=C2SC3=C(S2)SC(C2SC(SC)=C(SCSC4=C(SC)SC(C5SC6=C(SC(=C7SC(SCCCCCC)=C(SCCCCCC)S7)S6)S5)S4)S2)S3)S1. The third-order valence-electron chi connectivity index (χ3n) is 10.7. The highest BCUT2D eigenvalue weighted by Gasteiger charge is 2.45. The molecule has 8 aliphatic heterocycles. The van der Waals surface area contributed by atoms with Crippen LogP contribution in [-0.2, 0) is 0 Å². The third kappa shape index (κ3) is 19.2. The van der Waals surface area contributed by atoms with Gasteiger partial charge in [0.05, 0.1) is 86.1 Å². The van der Waals surface area contributed by atoms with Gasteiger partial charge in [-0.1, -0.05) is 199 Å². The zero-order chi connectivity index (χ0) is 49.4. The summed E-state index contributed by atoms with van der Waals surface area (Å²) < 4.78 is 27.3. The predicted octanol–water partition coefficient (Wildman–Crippen LogP) is 26.5. The maximum Gasteiger partial charge on any atom is 0.0825 e. The van der Waals surface area contributed by atoms with Gasteiger partial charge in [-0.3, -0.25) is 0 Å². The summed E-state index contributed by atoms with van der Waals surface area (Å²) in [4.78, 5) is 0. The highest BCUT2D eigenvalue weighted by Crippen LogP contribution is 2.74. The van der Waals surface area contributed by atoms with Crippen LogP contribution in [0.2, 0.25) is 0 Å². The van der Waals surface area contributed by atoms with E-state index in [1.807, 2.05) is 23.5 Å². The minimum absolute atomic E-state index is 0.565. The maximum atomic E-state index is 2.32. The molecule has 0 bridgehead atoms. The molecule has 71 heavy (non-hydrogen) atoms. The highest BCUT2D eigenvalue weighted by atomic mass is 32.3. The summed E-state index contributed by atoms with van der Waals surface area (Å²) in [6, 6.07) is 0. The fourth-order valence-electron chi connectivity index (χ4n) is 7.00. The van der Waals surface area contributed by atoms with Crippen molar-refractivity contribution in [1.82, 2.24) is 0 Å². The smallest absolute Gasteiger partial charge is 0.0825 e. The van der Waals surface area contributed by atoms with E-state index in [1.54, 1.807) is 67.8 Å². The average molecular weight is 1400 g/mol. The van der Waals surface area contributed by atoms with Crippen molar-refractivity contribution in [1.29, 1.82) is 0 Å². The molecule has 0 aromatic carbocycles. The molecule has 0 spiro atoms. The Morgan fingerprint density at radius 2 is 0.535 bits per heavy atom. The lowest BCUT2D eigenvalue weighted by Crippen LogP contribution is -2.07. The van der Waals surface area contributed by atoms with Gasteiger partial charge in [-0.05, 0) is 61.2 Å². The van der Waals surface area contributed by atoms with Crippen LogP contribution in [0, 0.1) is 0 Å². The van der Waals surface area contributed by atoms with Crippen molar-refractivity contribution in [3.63, 3.8) is 0 Å². The van der Waals surface area contributed by atoms with E-state index < -0.39 is 0 Å². The van der Waals surface area contributed by atoms with Gasteiger partial charge in [0.2, 0.25) is 0 Å². The molecule has 2 atom stereocenters. The maximum absolute atomic E-state index is 2.32. The summed E-state index contributed by atoms with van der Waals surface area (Å²) in [6.07, 6.45) is 26.2. The molecule has 8 heterocycles. The zero-order valence-corrected chi connectivity index (χ0v) is 60.6. The molecule has 0 aliphatic carbocycles. The van der Waals surface area contributed by atoms with Crippen molar-refractivity contribution in [3.8, 4) is 0 Å². The molecule has 0 saturated carbocycles. The van der Waals surface area contributed by atoms with E-state index in [2.05, 4.69) is 299 Å². The molecule has 0 fully saturated rings. The average Bonchev–Trinajstić information content (AvgIpc) is 4.24. The van der Waals surface area contributed by atoms with Gasteiger partial charge in [0.15, 0.2) is 0 Å². The lowest BCUT2D eigenvalue weighted by Gasteiger charge is -2.18. The van der Waals surface area contributed by atoms with Crippen LogP contribution in [0.5, 0.6) is 0 Å². The van der Waals surface area contributed by atoms with Crippen molar-refractivity contribution < 1.29 is 0 Å². The van der Waals surface area contributed by atoms with E-state index in [-0.39, 0.29) is 0 Å². The van der Waals surface area contributed by atoms with Gasteiger partial charge >= 0.3 is 0 Å². The third-order valence-corrected chi connectivity index (χ3v) is 48.4. The Hall–Kier alpha value is 6.32.